The van der Waals surface area contributed by atoms with Gasteiger partial charge in [-0.2, -0.15) is 0 Å². The molecule has 1 aliphatic rings. The summed E-state index contributed by atoms with van der Waals surface area (Å²) in [5, 5.41) is 2.92. The Balaban J connectivity index is 1.85. The lowest BCUT2D eigenvalue weighted by Crippen LogP contribution is -2.35. The Morgan fingerprint density at radius 3 is 2.52 bits per heavy atom. The van der Waals surface area contributed by atoms with E-state index in [4.69, 9.17) is 4.74 Å². The summed E-state index contributed by atoms with van der Waals surface area (Å²) in [7, 11) is 1.63. The topological polar surface area (TPSA) is 60.3 Å². The molecule has 0 radical (unpaired) electrons. The van der Waals surface area contributed by atoms with Gasteiger partial charge in [0, 0.05) is 18.8 Å². The summed E-state index contributed by atoms with van der Waals surface area (Å²) in [5.41, 5.74) is 3.42. The predicted octanol–water partition coefficient (Wildman–Crippen LogP) is 4.25. The molecule has 1 amide bonds. The number of fused-ring (bicyclic) bond motifs is 1. The highest BCUT2D eigenvalue weighted by Gasteiger charge is 2.20. The van der Waals surface area contributed by atoms with Gasteiger partial charge in [-0.15, -0.1) is 0 Å². The normalized spacial score (nSPS) is 13.9. The lowest BCUT2D eigenvalue weighted by molar-refractivity contribution is 0.0948. The predicted molar refractivity (Wildman–Crippen MR) is 116 cm³/mol. The van der Waals surface area contributed by atoms with E-state index in [1.807, 2.05) is 34.9 Å². The van der Waals surface area contributed by atoms with Crippen LogP contribution in [0.5, 0.6) is 5.75 Å². The third kappa shape index (κ3) is 5.28. The molecule has 0 spiro atoms. The molecule has 5 nitrogen and oxygen atoms in total. The van der Waals surface area contributed by atoms with Crippen LogP contribution in [0.3, 0.4) is 0 Å². The van der Waals surface area contributed by atoms with E-state index >= 15 is 0 Å². The number of methoxy groups -OCH3 is 1. The number of amides is 1. The fourth-order valence-corrected chi connectivity index (χ4v) is 3.97. The highest BCUT2D eigenvalue weighted by atomic mass is 16.5. The standard InChI is InChI=1S/C24H32N2O3/c1-3-4-15-26-22-10-8-6-5-7-9-19(22)16-21(24(26)28)23(27)25-17-18-11-13-20(29-2)14-12-18/h11-14,16H,3-10,15,17H2,1-2H3,(H,25,27). The summed E-state index contributed by atoms with van der Waals surface area (Å²) in [5.74, 6) is 0.487. The number of benzene rings is 1. The molecule has 0 aliphatic heterocycles. The first-order valence-corrected chi connectivity index (χ1v) is 10.8. The largest absolute Gasteiger partial charge is 0.497 e. The van der Waals surface area contributed by atoms with Crippen LogP contribution in [0.25, 0.3) is 0 Å². The van der Waals surface area contributed by atoms with Crippen molar-refractivity contribution in [3.8, 4) is 5.75 Å². The molecule has 0 saturated heterocycles. The molecule has 1 heterocycles. The fraction of sp³-hybridized carbons (Fsp3) is 0.500. The first-order valence-electron chi connectivity index (χ1n) is 10.8. The van der Waals surface area contributed by atoms with E-state index < -0.39 is 0 Å². The number of nitrogens with one attached hydrogen (secondary N) is 1. The Morgan fingerprint density at radius 2 is 1.83 bits per heavy atom. The Bertz CT molecular complexity index is 884. The zero-order valence-electron chi connectivity index (χ0n) is 17.6. The van der Waals surface area contributed by atoms with Gasteiger partial charge in [0.25, 0.3) is 11.5 Å². The van der Waals surface area contributed by atoms with E-state index in [1.54, 1.807) is 7.11 Å². The fourth-order valence-electron chi connectivity index (χ4n) is 3.97. The lowest BCUT2D eigenvalue weighted by atomic mass is 9.95. The molecular formula is C24H32N2O3. The maximum absolute atomic E-state index is 13.2. The van der Waals surface area contributed by atoms with Crippen LogP contribution in [-0.2, 0) is 25.9 Å². The van der Waals surface area contributed by atoms with Gasteiger partial charge in [-0.3, -0.25) is 9.59 Å². The van der Waals surface area contributed by atoms with E-state index in [0.717, 1.165) is 55.5 Å². The Hall–Kier alpha value is -2.56. The summed E-state index contributed by atoms with van der Waals surface area (Å²) in [4.78, 5) is 26.0. The van der Waals surface area contributed by atoms with Crippen LogP contribution >= 0.6 is 0 Å². The average molecular weight is 397 g/mol. The monoisotopic (exact) mass is 396 g/mol. The van der Waals surface area contributed by atoms with Crippen LogP contribution in [0.1, 0.15) is 72.6 Å². The van der Waals surface area contributed by atoms with E-state index in [0.29, 0.717) is 13.1 Å². The van der Waals surface area contributed by atoms with Crippen molar-refractivity contribution in [1.82, 2.24) is 9.88 Å². The van der Waals surface area contributed by atoms with E-state index in [1.165, 1.54) is 18.4 Å². The van der Waals surface area contributed by atoms with Crippen molar-refractivity contribution >= 4 is 5.91 Å². The third-order valence-corrected chi connectivity index (χ3v) is 5.69. The molecule has 156 valence electrons. The number of carbonyl (C=O) groups is 1. The quantitative estimate of drug-likeness (QED) is 0.761. The minimum Gasteiger partial charge on any atom is -0.497 e. The number of aromatic nitrogens is 1. The number of carbonyl (C=O) groups excluding carboxylic acids is 1. The van der Waals surface area contributed by atoms with Crippen molar-refractivity contribution in [3.05, 3.63) is 63.1 Å². The van der Waals surface area contributed by atoms with Crippen molar-refractivity contribution in [2.75, 3.05) is 7.11 Å². The van der Waals surface area contributed by atoms with Crippen LogP contribution in [0.15, 0.2) is 35.1 Å². The van der Waals surface area contributed by atoms with Crippen molar-refractivity contribution < 1.29 is 9.53 Å². The first-order chi connectivity index (χ1) is 14.1. The Labute approximate surface area is 173 Å². The van der Waals surface area contributed by atoms with Crippen LogP contribution in [0.2, 0.25) is 0 Å². The molecule has 0 bridgehead atoms. The highest BCUT2D eigenvalue weighted by molar-refractivity contribution is 5.94. The second-order valence-electron chi connectivity index (χ2n) is 7.79. The molecule has 0 fully saturated rings. The molecule has 0 atom stereocenters. The molecule has 1 aromatic heterocycles. The summed E-state index contributed by atoms with van der Waals surface area (Å²) < 4.78 is 7.05. The number of unbranched alkanes of at least 4 members (excludes halogenated alkanes) is 1. The van der Waals surface area contributed by atoms with Gasteiger partial charge in [0.05, 0.1) is 7.11 Å². The van der Waals surface area contributed by atoms with Crippen LogP contribution in [0, 0.1) is 0 Å². The minimum absolute atomic E-state index is 0.148. The maximum Gasteiger partial charge on any atom is 0.263 e. The van der Waals surface area contributed by atoms with Gasteiger partial charge in [-0.1, -0.05) is 38.3 Å². The van der Waals surface area contributed by atoms with Crippen LogP contribution in [0.4, 0.5) is 0 Å². The molecule has 5 heteroatoms. The lowest BCUT2D eigenvalue weighted by Gasteiger charge is -2.21. The van der Waals surface area contributed by atoms with Gasteiger partial charge < -0.3 is 14.6 Å². The molecule has 3 rings (SSSR count). The summed E-state index contributed by atoms with van der Waals surface area (Å²) in [6.45, 7) is 3.20. The van der Waals surface area contributed by atoms with Crippen molar-refractivity contribution in [2.24, 2.45) is 0 Å². The van der Waals surface area contributed by atoms with Crippen LogP contribution < -0.4 is 15.6 Å². The number of rotatable bonds is 7. The van der Waals surface area contributed by atoms with E-state index in [-0.39, 0.29) is 17.0 Å². The van der Waals surface area contributed by atoms with Gasteiger partial charge in [0.1, 0.15) is 11.3 Å². The van der Waals surface area contributed by atoms with Crippen LogP contribution in [-0.4, -0.2) is 17.6 Å². The Morgan fingerprint density at radius 1 is 1.10 bits per heavy atom. The molecule has 1 aliphatic carbocycles. The van der Waals surface area contributed by atoms with E-state index in [9.17, 15) is 9.59 Å². The molecule has 0 saturated carbocycles. The number of ether oxygens (including phenoxy) is 1. The maximum atomic E-state index is 13.2. The highest BCUT2D eigenvalue weighted by Crippen LogP contribution is 2.21. The van der Waals surface area contributed by atoms with Gasteiger partial charge >= 0.3 is 0 Å². The number of nitrogens with zero attached hydrogens (tertiary/aromatic N) is 1. The van der Waals surface area contributed by atoms with Gasteiger partial charge in [-0.05, 0) is 61.4 Å². The zero-order valence-corrected chi connectivity index (χ0v) is 17.6. The smallest absolute Gasteiger partial charge is 0.263 e. The molecule has 2 aromatic rings. The average Bonchev–Trinajstić information content (AvgIpc) is 2.72. The van der Waals surface area contributed by atoms with Gasteiger partial charge in [-0.25, -0.2) is 0 Å². The third-order valence-electron chi connectivity index (χ3n) is 5.69. The van der Waals surface area contributed by atoms with Crippen molar-refractivity contribution in [2.45, 2.75) is 71.4 Å². The number of aryl methyl sites for hydroxylation is 1. The van der Waals surface area contributed by atoms with E-state index in [2.05, 4.69) is 12.2 Å². The second-order valence-corrected chi connectivity index (χ2v) is 7.79. The van der Waals surface area contributed by atoms with Gasteiger partial charge in [0.15, 0.2) is 0 Å². The summed E-state index contributed by atoms with van der Waals surface area (Å²) in [6.07, 6.45) is 8.51. The molecular weight excluding hydrogens is 364 g/mol. The van der Waals surface area contributed by atoms with Crippen molar-refractivity contribution in [1.29, 1.82) is 0 Å². The summed E-state index contributed by atoms with van der Waals surface area (Å²) in [6, 6.07) is 9.42. The Kier molecular flexibility index (Phi) is 7.50. The molecule has 29 heavy (non-hydrogen) atoms. The zero-order chi connectivity index (χ0) is 20.6. The second kappa shape index (κ2) is 10.3. The molecule has 1 N–H and O–H groups in total. The first kappa shape index (κ1) is 21.2. The molecule has 0 unspecified atom stereocenters. The number of hydrogen-bond acceptors (Lipinski definition) is 3. The number of pyridine rings is 1. The summed E-state index contributed by atoms with van der Waals surface area (Å²) >= 11 is 0. The van der Waals surface area contributed by atoms with Crippen molar-refractivity contribution in [3.63, 3.8) is 0 Å². The molecule has 1 aromatic carbocycles. The SMILES string of the molecule is CCCCn1c2c(cc(C(=O)NCc3ccc(OC)cc3)c1=O)CCCCCC2. The van der Waals surface area contributed by atoms with Gasteiger partial charge in [0.2, 0.25) is 0 Å². The minimum atomic E-state index is -0.291. The number of hydrogen-bond donors (Lipinski definition) is 1.